The maximum Gasteiger partial charge on any atom is 0.319 e. The average Bonchev–Trinajstić information content (AvgIpc) is 3.12. The van der Waals surface area contributed by atoms with Gasteiger partial charge in [-0.25, -0.2) is 9.78 Å². The molecule has 4 rings (SSSR count). The molecule has 0 aliphatic carbocycles. The standard InChI is InChI=1S/C23H22N4O4/c1-14-7-8-21(25-13-14)27-22(28)9-10-24-23(29)26-17-12-19-16(11-20(17)30-2)15-5-3-4-6-18(15)31-19/h3-8,11-13H,9-10H2,1-2H3,(H2,24,26,29)(H,25,27,28). The maximum atomic E-state index is 12.3. The Morgan fingerprint density at radius 2 is 1.87 bits per heavy atom. The van der Waals surface area contributed by atoms with Crippen molar-refractivity contribution in [2.75, 3.05) is 24.3 Å². The minimum atomic E-state index is -0.449. The molecule has 0 unspecified atom stereocenters. The number of hydrogen-bond acceptors (Lipinski definition) is 5. The fourth-order valence-electron chi connectivity index (χ4n) is 3.22. The summed E-state index contributed by atoms with van der Waals surface area (Å²) >= 11 is 0. The van der Waals surface area contributed by atoms with Crippen LogP contribution in [0.5, 0.6) is 5.75 Å². The van der Waals surface area contributed by atoms with Gasteiger partial charge >= 0.3 is 6.03 Å². The molecule has 0 saturated carbocycles. The lowest BCUT2D eigenvalue weighted by Crippen LogP contribution is -2.31. The van der Waals surface area contributed by atoms with Crippen LogP contribution in [0.15, 0.2) is 59.1 Å². The topological polar surface area (TPSA) is 105 Å². The lowest BCUT2D eigenvalue weighted by atomic mass is 10.1. The van der Waals surface area contributed by atoms with E-state index in [4.69, 9.17) is 9.15 Å². The zero-order chi connectivity index (χ0) is 21.8. The molecule has 0 saturated heterocycles. The summed E-state index contributed by atoms with van der Waals surface area (Å²) in [6, 6.07) is 14.4. The van der Waals surface area contributed by atoms with Crippen molar-refractivity contribution in [3.05, 3.63) is 60.3 Å². The van der Waals surface area contributed by atoms with Crippen LogP contribution >= 0.6 is 0 Å². The molecule has 3 amide bonds. The van der Waals surface area contributed by atoms with Gasteiger partial charge in [0.05, 0.1) is 12.8 Å². The monoisotopic (exact) mass is 418 g/mol. The molecule has 158 valence electrons. The molecule has 8 heteroatoms. The number of urea groups is 1. The minimum absolute atomic E-state index is 0.114. The van der Waals surface area contributed by atoms with E-state index in [-0.39, 0.29) is 18.9 Å². The number of furan rings is 1. The molecule has 2 aromatic carbocycles. The van der Waals surface area contributed by atoms with Crippen LogP contribution in [0.1, 0.15) is 12.0 Å². The Bertz CT molecular complexity index is 1250. The number of hydrogen-bond donors (Lipinski definition) is 3. The highest BCUT2D eigenvalue weighted by Crippen LogP contribution is 2.36. The number of carbonyl (C=O) groups is 2. The van der Waals surface area contributed by atoms with Crippen molar-refractivity contribution in [3.8, 4) is 5.75 Å². The van der Waals surface area contributed by atoms with Gasteiger partial charge in [0.1, 0.15) is 22.7 Å². The Kier molecular flexibility index (Phi) is 5.70. The van der Waals surface area contributed by atoms with E-state index >= 15 is 0 Å². The van der Waals surface area contributed by atoms with Crippen molar-refractivity contribution in [2.24, 2.45) is 0 Å². The van der Waals surface area contributed by atoms with Gasteiger partial charge in [0, 0.05) is 36.0 Å². The second kappa shape index (κ2) is 8.74. The van der Waals surface area contributed by atoms with Gasteiger partial charge in [0.15, 0.2) is 0 Å². The molecule has 2 heterocycles. The van der Waals surface area contributed by atoms with Gasteiger partial charge < -0.3 is 25.1 Å². The second-order valence-corrected chi connectivity index (χ2v) is 7.05. The average molecular weight is 418 g/mol. The van der Waals surface area contributed by atoms with Gasteiger partial charge in [0.2, 0.25) is 5.91 Å². The molecule has 0 aliphatic rings. The molecule has 0 atom stereocenters. The third-order valence-corrected chi connectivity index (χ3v) is 4.76. The summed E-state index contributed by atoms with van der Waals surface area (Å²) in [7, 11) is 1.54. The predicted octanol–water partition coefficient (Wildman–Crippen LogP) is 4.45. The number of fused-ring (bicyclic) bond motifs is 3. The molecule has 0 bridgehead atoms. The molecule has 3 N–H and O–H groups in total. The lowest BCUT2D eigenvalue weighted by Gasteiger charge is -2.11. The quantitative estimate of drug-likeness (QED) is 0.429. The van der Waals surface area contributed by atoms with E-state index in [1.54, 1.807) is 18.3 Å². The lowest BCUT2D eigenvalue weighted by molar-refractivity contribution is -0.116. The summed E-state index contributed by atoms with van der Waals surface area (Å²) in [6.45, 7) is 2.08. The van der Waals surface area contributed by atoms with Crippen LogP contribution in [0.4, 0.5) is 16.3 Å². The van der Waals surface area contributed by atoms with E-state index in [0.717, 1.165) is 21.9 Å². The second-order valence-electron chi connectivity index (χ2n) is 7.05. The Morgan fingerprint density at radius 3 is 2.65 bits per heavy atom. The number of anilines is 2. The first-order chi connectivity index (χ1) is 15.0. The zero-order valence-electron chi connectivity index (χ0n) is 17.2. The van der Waals surface area contributed by atoms with Crippen LogP contribution in [-0.2, 0) is 4.79 Å². The Labute approximate surface area is 178 Å². The van der Waals surface area contributed by atoms with Crippen molar-refractivity contribution in [1.29, 1.82) is 0 Å². The number of para-hydroxylation sites is 1. The van der Waals surface area contributed by atoms with Crippen LogP contribution in [0.3, 0.4) is 0 Å². The number of benzene rings is 2. The van der Waals surface area contributed by atoms with Crippen molar-refractivity contribution in [3.63, 3.8) is 0 Å². The fourth-order valence-corrected chi connectivity index (χ4v) is 3.22. The number of ether oxygens (including phenoxy) is 1. The van der Waals surface area contributed by atoms with Crippen molar-refractivity contribution in [1.82, 2.24) is 10.3 Å². The van der Waals surface area contributed by atoms with Gasteiger partial charge in [-0.05, 0) is 30.7 Å². The first-order valence-electron chi connectivity index (χ1n) is 9.80. The van der Waals surface area contributed by atoms with Gasteiger partial charge in [-0.1, -0.05) is 24.3 Å². The van der Waals surface area contributed by atoms with Gasteiger partial charge in [-0.3, -0.25) is 4.79 Å². The maximum absolute atomic E-state index is 12.3. The molecular weight excluding hydrogens is 396 g/mol. The molecule has 0 radical (unpaired) electrons. The summed E-state index contributed by atoms with van der Waals surface area (Å²) in [4.78, 5) is 28.5. The first kappa shape index (κ1) is 20.2. The summed E-state index contributed by atoms with van der Waals surface area (Å²) < 4.78 is 11.3. The highest BCUT2D eigenvalue weighted by molar-refractivity contribution is 6.07. The Morgan fingerprint density at radius 1 is 1.03 bits per heavy atom. The normalized spacial score (nSPS) is 10.8. The summed E-state index contributed by atoms with van der Waals surface area (Å²) in [5.41, 5.74) is 2.88. The smallest absolute Gasteiger partial charge is 0.319 e. The number of aryl methyl sites for hydroxylation is 1. The highest BCUT2D eigenvalue weighted by atomic mass is 16.5. The largest absolute Gasteiger partial charge is 0.495 e. The summed E-state index contributed by atoms with van der Waals surface area (Å²) in [5.74, 6) is 0.749. The van der Waals surface area contributed by atoms with Crippen molar-refractivity contribution < 1.29 is 18.7 Å². The number of methoxy groups -OCH3 is 1. The van der Waals surface area contributed by atoms with E-state index in [0.29, 0.717) is 22.8 Å². The number of carbonyl (C=O) groups excluding carboxylic acids is 2. The fraction of sp³-hybridized carbons (Fsp3) is 0.174. The zero-order valence-corrected chi connectivity index (χ0v) is 17.2. The Balaban J connectivity index is 1.37. The van der Waals surface area contributed by atoms with Crippen LogP contribution in [0, 0.1) is 6.92 Å². The third-order valence-electron chi connectivity index (χ3n) is 4.76. The predicted molar refractivity (Wildman–Crippen MR) is 120 cm³/mol. The molecule has 2 aromatic heterocycles. The van der Waals surface area contributed by atoms with E-state index in [9.17, 15) is 9.59 Å². The van der Waals surface area contributed by atoms with Gasteiger partial charge in [-0.15, -0.1) is 0 Å². The van der Waals surface area contributed by atoms with Gasteiger partial charge in [-0.2, -0.15) is 0 Å². The van der Waals surface area contributed by atoms with Crippen LogP contribution in [0.25, 0.3) is 21.9 Å². The highest BCUT2D eigenvalue weighted by Gasteiger charge is 2.14. The number of nitrogens with zero attached hydrogens (tertiary/aromatic N) is 1. The van der Waals surface area contributed by atoms with Crippen LogP contribution in [0.2, 0.25) is 0 Å². The number of pyridine rings is 1. The molecular formula is C23H22N4O4. The number of aromatic nitrogens is 1. The summed E-state index contributed by atoms with van der Waals surface area (Å²) in [6.07, 6.45) is 1.79. The van der Waals surface area contributed by atoms with Crippen molar-refractivity contribution in [2.45, 2.75) is 13.3 Å². The molecule has 31 heavy (non-hydrogen) atoms. The van der Waals surface area contributed by atoms with Crippen LogP contribution in [-0.4, -0.2) is 30.6 Å². The van der Waals surface area contributed by atoms with Crippen LogP contribution < -0.4 is 20.7 Å². The van der Waals surface area contributed by atoms with E-state index in [2.05, 4.69) is 20.9 Å². The Hall–Kier alpha value is -4.07. The number of rotatable bonds is 6. The van der Waals surface area contributed by atoms with Gasteiger partial charge in [0.25, 0.3) is 0 Å². The molecule has 0 spiro atoms. The van der Waals surface area contributed by atoms with E-state index in [1.165, 1.54) is 7.11 Å². The molecule has 8 nitrogen and oxygen atoms in total. The molecule has 4 aromatic rings. The molecule has 0 fully saturated rings. The number of nitrogens with one attached hydrogen (secondary N) is 3. The summed E-state index contributed by atoms with van der Waals surface area (Å²) in [5, 5.41) is 9.98. The SMILES string of the molecule is COc1cc2c(cc1NC(=O)NCCC(=O)Nc1ccc(C)cn1)oc1ccccc12. The van der Waals surface area contributed by atoms with Crippen molar-refractivity contribution >= 4 is 45.4 Å². The number of amides is 3. The first-order valence-corrected chi connectivity index (χ1v) is 9.80. The minimum Gasteiger partial charge on any atom is -0.495 e. The third kappa shape index (κ3) is 4.58. The molecule has 0 aliphatic heterocycles. The van der Waals surface area contributed by atoms with E-state index < -0.39 is 6.03 Å². The van der Waals surface area contributed by atoms with E-state index in [1.807, 2.05) is 43.3 Å².